The maximum atomic E-state index is 12.3. The standard InChI is InChI=1S/C14H14N2O6S/c1-8-6-10(14(18)19)7-12(9(8)2)23(20,21)16-15-13(17)11-4-3-5-22-11/h3-7,16H,1-2H3,(H,15,17)(H,18,19). The smallest absolute Gasteiger partial charge is 0.335 e. The Kier molecular flexibility index (Phi) is 4.52. The van der Waals surface area contributed by atoms with Crippen LogP contribution in [0.5, 0.6) is 0 Å². The molecular formula is C14H14N2O6S. The van der Waals surface area contributed by atoms with Crippen molar-refractivity contribution in [3.05, 3.63) is 53.0 Å². The Bertz CT molecular complexity index is 856. The van der Waals surface area contributed by atoms with Crippen LogP contribution in [0.25, 0.3) is 0 Å². The van der Waals surface area contributed by atoms with Gasteiger partial charge in [0, 0.05) is 0 Å². The summed E-state index contributed by atoms with van der Waals surface area (Å²) in [5, 5.41) is 9.04. The third-order valence-electron chi connectivity index (χ3n) is 3.20. The molecule has 0 aliphatic heterocycles. The number of nitrogens with one attached hydrogen (secondary N) is 2. The molecule has 0 spiro atoms. The summed E-state index contributed by atoms with van der Waals surface area (Å²) in [5.74, 6) is -2.09. The zero-order chi connectivity index (χ0) is 17.2. The molecule has 8 nitrogen and oxygen atoms in total. The molecule has 1 aromatic carbocycles. The first-order valence-corrected chi connectivity index (χ1v) is 7.91. The van der Waals surface area contributed by atoms with Crippen LogP contribution >= 0.6 is 0 Å². The fraction of sp³-hybridized carbons (Fsp3) is 0.143. The van der Waals surface area contributed by atoms with E-state index in [4.69, 9.17) is 9.52 Å². The average Bonchev–Trinajstić information content (AvgIpc) is 3.01. The van der Waals surface area contributed by atoms with E-state index < -0.39 is 21.9 Å². The molecule has 1 heterocycles. The van der Waals surface area contributed by atoms with Crippen LogP contribution in [-0.4, -0.2) is 25.4 Å². The van der Waals surface area contributed by atoms with Crippen molar-refractivity contribution in [2.45, 2.75) is 18.7 Å². The minimum atomic E-state index is -4.14. The summed E-state index contributed by atoms with van der Waals surface area (Å²) in [6.45, 7) is 3.14. The van der Waals surface area contributed by atoms with Crippen molar-refractivity contribution in [3.8, 4) is 0 Å². The van der Waals surface area contributed by atoms with Gasteiger partial charge in [-0.05, 0) is 49.2 Å². The predicted molar refractivity (Wildman–Crippen MR) is 79.4 cm³/mol. The molecule has 1 aromatic heterocycles. The van der Waals surface area contributed by atoms with Crippen LogP contribution in [-0.2, 0) is 10.0 Å². The summed E-state index contributed by atoms with van der Waals surface area (Å²) in [4.78, 5) is 24.4. The Morgan fingerprint density at radius 1 is 1.22 bits per heavy atom. The third kappa shape index (κ3) is 3.58. The number of carboxylic acid groups (broad SMARTS) is 1. The first-order chi connectivity index (χ1) is 10.7. The molecule has 2 rings (SSSR count). The van der Waals surface area contributed by atoms with Crippen LogP contribution in [0.1, 0.15) is 32.0 Å². The van der Waals surface area contributed by atoms with Crippen LogP contribution in [0.4, 0.5) is 0 Å². The molecule has 0 atom stereocenters. The zero-order valence-electron chi connectivity index (χ0n) is 12.3. The highest BCUT2D eigenvalue weighted by atomic mass is 32.2. The number of benzene rings is 1. The van der Waals surface area contributed by atoms with Gasteiger partial charge < -0.3 is 9.52 Å². The van der Waals surface area contributed by atoms with Gasteiger partial charge in [-0.1, -0.05) is 0 Å². The largest absolute Gasteiger partial charge is 0.478 e. The molecule has 0 aliphatic carbocycles. The van der Waals surface area contributed by atoms with Crippen molar-refractivity contribution in [1.29, 1.82) is 0 Å². The number of amides is 1. The average molecular weight is 338 g/mol. The first-order valence-electron chi connectivity index (χ1n) is 6.42. The molecule has 2 aromatic rings. The number of sulfonamides is 1. The fourth-order valence-electron chi connectivity index (χ4n) is 1.87. The first kappa shape index (κ1) is 16.7. The number of hydrogen-bond donors (Lipinski definition) is 3. The summed E-state index contributed by atoms with van der Waals surface area (Å²) in [6, 6.07) is 5.25. The summed E-state index contributed by atoms with van der Waals surface area (Å²) in [6.07, 6.45) is 1.27. The lowest BCUT2D eigenvalue weighted by molar-refractivity contribution is 0.0696. The zero-order valence-corrected chi connectivity index (χ0v) is 13.1. The minimum Gasteiger partial charge on any atom is -0.478 e. The number of carbonyl (C=O) groups is 2. The van der Waals surface area contributed by atoms with Crippen molar-refractivity contribution in [2.75, 3.05) is 0 Å². The molecule has 0 fully saturated rings. The summed E-state index contributed by atoms with van der Waals surface area (Å²) >= 11 is 0. The predicted octanol–water partition coefficient (Wildman–Crippen LogP) is 1.22. The lowest BCUT2D eigenvalue weighted by atomic mass is 10.1. The van der Waals surface area contributed by atoms with E-state index >= 15 is 0 Å². The summed E-state index contributed by atoms with van der Waals surface area (Å²) in [7, 11) is -4.14. The minimum absolute atomic E-state index is 0.0695. The lowest BCUT2D eigenvalue weighted by Gasteiger charge is -2.12. The molecule has 0 saturated heterocycles. The number of hydrogen-bond acceptors (Lipinski definition) is 5. The molecule has 0 bridgehead atoms. The lowest BCUT2D eigenvalue weighted by Crippen LogP contribution is -2.41. The van der Waals surface area contributed by atoms with Gasteiger partial charge in [0.1, 0.15) is 0 Å². The Morgan fingerprint density at radius 3 is 2.48 bits per heavy atom. The van der Waals surface area contributed by atoms with Crippen molar-refractivity contribution in [3.63, 3.8) is 0 Å². The highest BCUT2D eigenvalue weighted by Crippen LogP contribution is 2.21. The van der Waals surface area contributed by atoms with E-state index in [2.05, 4.69) is 0 Å². The second kappa shape index (κ2) is 6.23. The SMILES string of the molecule is Cc1cc(C(=O)O)cc(S(=O)(=O)NNC(=O)c2ccco2)c1C. The van der Waals surface area contributed by atoms with E-state index in [0.717, 1.165) is 6.07 Å². The highest BCUT2D eigenvalue weighted by Gasteiger charge is 2.22. The van der Waals surface area contributed by atoms with Crippen molar-refractivity contribution in [1.82, 2.24) is 10.3 Å². The van der Waals surface area contributed by atoms with Crippen LogP contribution < -0.4 is 10.3 Å². The molecule has 0 unspecified atom stereocenters. The molecular weight excluding hydrogens is 324 g/mol. The Balaban J connectivity index is 2.29. The van der Waals surface area contributed by atoms with Gasteiger partial charge in [0.2, 0.25) is 0 Å². The van der Waals surface area contributed by atoms with Gasteiger partial charge in [0.25, 0.3) is 10.0 Å². The van der Waals surface area contributed by atoms with Gasteiger partial charge in [0.15, 0.2) is 5.76 Å². The van der Waals surface area contributed by atoms with Crippen LogP contribution in [0.15, 0.2) is 39.8 Å². The number of furan rings is 1. The van der Waals surface area contributed by atoms with E-state index in [9.17, 15) is 18.0 Å². The van der Waals surface area contributed by atoms with Gasteiger partial charge in [0.05, 0.1) is 16.7 Å². The topological polar surface area (TPSA) is 126 Å². The third-order valence-corrected chi connectivity index (χ3v) is 4.57. The molecule has 0 aliphatic rings. The molecule has 23 heavy (non-hydrogen) atoms. The molecule has 122 valence electrons. The Morgan fingerprint density at radius 2 is 1.91 bits per heavy atom. The van der Waals surface area contributed by atoms with Crippen LogP contribution in [0.2, 0.25) is 0 Å². The van der Waals surface area contributed by atoms with E-state index in [1.54, 1.807) is 13.8 Å². The summed E-state index contributed by atoms with van der Waals surface area (Å²) in [5.41, 5.74) is 2.73. The molecule has 9 heteroatoms. The number of aryl methyl sites for hydroxylation is 1. The number of carboxylic acids is 1. The molecule has 0 saturated carbocycles. The normalized spacial score (nSPS) is 11.2. The second-order valence-electron chi connectivity index (χ2n) is 4.76. The van der Waals surface area contributed by atoms with E-state index in [0.29, 0.717) is 11.1 Å². The molecule has 3 N–H and O–H groups in total. The monoisotopic (exact) mass is 338 g/mol. The van der Waals surface area contributed by atoms with E-state index in [1.807, 2.05) is 10.3 Å². The van der Waals surface area contributed by atoms with Crippen molar-refractivity contribution >= 4 is 21.9 Å². The Hall–Kier alpha value is -2.65. The van der Waals surface area contributed by atoms with Gasteiger partial charge in [-0.25, -0.2) is 13.2 Å². The highest BCUT2D eigenvalue weighted by molar-refractivity contribution is 7.89. The van der Waals surface area contributed by atoms with E-state index in [-0.39, 0.29) is 16.2 Å². The number of carbonyl (C=O) groups excluding carboxylic acids is 1. The van der Waals surface area contributed by atoms with Gasteiger partial charge in [-0.15, -0.1) is 4.83 Å². The number of aromatic carboxylic acids is 1. The van der Waals surface area contributed by atoms with Gasteiger partial charge >= 0.3 is 11.9 Å². The quantitative estimate of drug-likeness (QED) is 0.704. The second-order valence-corrected chi connectivity index (χ2v) is 6.41. The van der Waals surface area contributed by atoms with Crippen molar-refractivity contribution in [2.24, 2.45) is 0 Å². The fourth-order valence-corrected chi connectivity index (χ4v) is 3.05. The Labute approximate surface area is 132 Å². The van der Waals surface area contributed by atoms with Crippen molar-refractivity contribution < 1.29 is 27.5 Å². The molecule has 1 amide bonds. The van der Waals surface area contributed by atoms with Crippen LogP contribution in [0.3, 0.4) is 0 Å². The van der Waals surface area contributed by atoms with Gasteiger partial charge in [-0.3, -0.25) is 10.2 Å². The number of rotatable bonds is 5. The van der Waals surface area contributed by atoms with E-state index in [1.165, 1.54) is 24.5 Å². The maximum Gasteiger partial charge on any atom is 0.335 e. The summed E-state index contributed by atoms with van der Waals surface area (Å²) < 4.78 is 29.4. The van der Waals surface area contributed by atoms with Crippen LogP contribution in [0, 0.1) is 13.8 Å². The molecule has 0 radical (unpaired) electrons. The number of hydrazine groups is 1. The van der Waals surface area contributed by atoms with Gasteiger partial charge in [-0.2, -0.15) is 0 Å². The maximum absolute atomic E-state index is 12.3.